The lowest BCUT2D eigenvalue weighted by Crippen LogP contribution is -2.54. The quantitative estimate of drug-likeness (QED) is 0.690. The number of hydrogen-bond donors (Lipinski definition) is 2. The first-order valence-corrected chi connectivity index (χ1v) is 4.86. The van der Waals surface area contributed by atoms with Crippen molar-refractivity contribution in [3.05, 3.63) is 0 Å². The molecule has 0 aromatic heterocycles. The first kappa shape index (κ1) is 12.4. The Bertz CT molecular complexity index is 180. The van der Waals surface area contributed by atoms with Crippen molar-refractivity contribution in [1.29, 1.82) is 0 Å². The molecule has 0 bridgehead atoms. The second kappa shape index (κ2) is 4.61. The maximum Gasteiger partial charge on any atom is 0.323 e. The van der Waals surface area contributed by atoms with Gasteiger partial charge in [0.15, 0.2) is 0 Å². The number of nitrogens with two attached hydrogens (primary N) is 1. The second-order valence-electron chi connectivity index (χ2n) is 4.25. The highest BCUT2D eigenvalue weighted by Crippen LogP contribution is 2.25. The van der Waals surface area contributed by atoms with Gasteiger partial charge in [0.25, 0.3) is 0 Å². The first-order chi connectivity index (χ1) is 5.84. The highest BCUT2D eigenvalue weighted by Gasteiger charge is 2.39. The monoisotopic (exact) mass is 187 g/mol. The summed E-state index contributed by atoms with van der Waals surface area (Å²) < 4.78 is 0. The van der Waals surface area contributed by atoms with E-state index in [1.54, 1.807) is 0 Å². The predicted octanol–water partition coefficient (Wildman–Crippen LogP) is 1.86. The van der Waals surface area contributed by atoms with Crippen LogP contribution in [0.15, 0.2) is 0 Å². The fourth-order valence-electron chi connectivity index (χ4n) is 1.54. The number of carboxylic acid groups (broad SMARTS) is 1. The minimum atomic E-state index is -1.05. The molecule has 0 saturated carbocycles. The fourth-order valence-corrected chi connectivity index (χ4v) is 1.54. The van der Waals surface area contributed by atoms with Crippen molar-refractivity contribution >= 4 is 5.97 Å². The molecule has 0 aliphatic carbocycles. The summed E-state index contributed by atoms with van der Waals surface area (Å²) in [5, 5.41) is 9.06. The Morgan fingerprint density at radius 2 is 1.92 bits per heavy atom. The Hall–Kier alpha value is -0.570. The van der Waals surface area contributed by atoms with Gasteiger partial charge in [-0.25, -0.2) is 0 Å². The van der Waals surface area contributed by atoms with Crippen molar-refractivity contribution in [2.75, 3.05) is 0 Å². The average molecular weight is 187 g/mol. The van der Waals surface area contributed by atoms with Gasteiger partial charge in [-0.2, -0.15) is 0 Å². The summed E-state index contributed by atoms with van der Waals surface area (Å²) in [4.78, 5) is 11.0. The molecule has 0 aliphatic rings. The van der Waals surface area contributed by atoms with Crippen molar-refractivity contribution in [3.63, 3.8) is 0 Å². The van der Waals surface area contributed by atoms with Crippen molar-refractivity contribution < 1.29 is 9.90 Å². The molecule has 0 aromatic rings. The van der Waals surface area contributed by atoms with Crippen LogP contribution in [0.5, 0.6) is 0 Å². The molecular formula is C10H21NO2. The van der Waals surface area contributed by atoms with Crippen LogP contribution in [-0.4, -0.2) is 16.6 Å². The van der Waals surface area contributed by atoms with Gasteiger partial charge in [0.1, 0.15) is 5.54 Å². The number of aliphatic carboxylic acids is 1. The standard InChI is InChI=1S/C10H21NO2/c1-5-8(4)10(11,9(12)13)6-7(2)3/h7-8H,5-6,11H2,1-4H3,(H,12,13). The third-order valence-corrected chi connectivity index (χ3v) is 2.64. The molecule has 3 heteroatoms. The largest absolute Gasteiger partial charge is 0.480 e. The van der Waals surface area contributed by atoms with Crippen LogP contribution in [-0.2, 0) is 4.79 Å². The van der Waals surface area contributed by atoms with E-state index >= 15 is 0 Å². The van der Waals surface area contributed by atoms with Gasteiger partial charge < -0.3 is 10.8 Å². The van der Waals surface area contributed by atoms with Crippen molar-refractivity contribution in [2.45, 2.75) is 46.1 Å². The number of carboxylic acids is 1. The van der Waals surface area contributed by atoms with Gasteiger partial charge in [-0.05, 0) is 18.3 Å². The Morgan fingerprint density at radius 1 is 1.46 bits per heavy atom. The number of rotatable bonds is 5. The van der Waals surface area contributed by atoms with Gasteiger partial charge >= 0.3 is 5.97 Å². The van der Waals surface area contributed by atoms with E-state index in [9.17, 15) is 4.79 Å². The molecule has 13 heavy (non-hydrogen) atoms. The minimum absolute atomic E-state index is 0.0207. The fraction of sp³-hybridized carbons (Fsp3) is 0.900. The van der Waals surface area contributed by atoms with Crippen molar-refractivity contribution in [1.82, 2.24) is 0 Å². The van der Waals surface area contributed by atoms with Crippen LogP contribution in [0.1, 0.15) is 40.5 Å². The van der Waals surface area contributed by atoms with Gasteiger partial charge in [-0.3, -0.25) is 4.79 Å². The van der Waals surface area contributed by atoms with Gasteiger partial charge in [0.05, 0.1) is 0 Å². The zero-order valence-electron chi connectivity index (χ0n) is 9.00. The van der Waals surface area contributed by atoms with E-state index in [1.807, 2.05) is 27.7 Å². The summed E-state index contributed by atoms with van der Waals surface area (Å²) in [6.07, 6.45) is 1.34. The van der Waals surface area contributed by atoms with Crippen molar-refractivity contribution in [2.24, 2.45) is 17.6 Å². The van der Waals surface area contributed by atoms with Crippen LogP contribution in [0.3, 0.4) is 0 Å². The topological polar surface area (TPSA) is 63.3 Å². The lowest BCUT2D eigenvalue weighted by atomic mass is 9.78. The Labute approximate surface area is 80.3 Å². The zero-order valence-corrected chi connectivity index (χ0v) is 9.00. The van der Waals surface area contributed by atoms with Gasteiger partial charge in [0, 0.05) is 0 Å². The highest BCUT2D eigenvalue weighted by molar-refractivity contribution is 5.78. The summed E-state index contributed by atoms with van der Waals surface area (Å²) in [6, 6.07) is 0. The number of carbonyl (C=O) groups is 1. The maximum absolute atomic E-state index is 11.0. The molecule has 2 atom stereocenters. The van der Waals surface area contributed by atoms with E-state index in [2.05, 4.69) is 0 Å². The summed E-state index contributed by atoms with van der Waals surface area (Å²) >= 11 is 0. The maximum atomic E-state index is 11.0. The smallest absolute Gasteiger partial charge is 0.323 e. The second-order valence-corrected chi connectivity index (χ2v) is 4.25. The van der Waals surface area contributed by atoms with Crippen molar-refractivity contribution in [3.8, 4) is 0 Å². The van der Waals surface area contributed by atoms with Crippen LogP contribution >= 0.6 is 0 Å². The molecule has 0 spiro atoms. The van der Waals surface area contributed by atoms with E-state index in [0.717, 1.165) is 6.42 Å². The summed E-state index contributed by atoms with van der Waals surface area (Å²) in [6.45, 7) is 7.85. The predicted molar refractivity (Wildman–Crippen MR) is 53.5 cm³/mol. The van der Waals surface area contributed by atoms with Crippen LogP contribution in [0.25, 0.3) is 0 Å². The molecular weight excluding hydrogens is 166 g/mol. The molecule has 0 radical (unpaired) electrons. The lowest BCUT2D eigenvalue weighted by molar-refractivity contribution is -0.146. The van der Waals surface area contributed by atoms with E-state index < -0.39 is 11.5 Å². The van der Waals surface area contributed by atoms with Gasteiger partial charge in [-0.15, -0.1) is 0 Å². The molecule has 0 rings (SSSR count). The molecule has 78 valence electrons. The normalized spacial score (nSPS) is 18.3. The van der Waals surface area contributed by atoms with E-state index in [1.165, 1.54) is 0 Å². The molecule has 0 aromatic carbocycles. The van der Waals surface area contributed by atoms with Crippen LogP contribution in [0, 0.1) is 11.8 Å². The molecule has 3 N–H and O–H groups in total. The SMILES string of the molecule is CCC(C)C(N)(CC(C)C)C(=O)O. The molecule has 0 fully saturated rings. The van der Waals surface area contributed by atoms with Gasteiger partial charge in [-0.1, -0.05) is 34.1 Å². The lowest BCUT2D eigenvalue weighted by Gasteiger charge is -2.32. The molecule has 0 saturated heterocycles. The van der Waals surface area contributed by atoms with E-state index in [0.29, 0.717) is 12.3 Å². The minimum Gasteiger partial charge on any atom is -0.480 e. The summed E-state index contributed by atoms with van der Waals surface area (Å²) in [7, 11) is 0. The first-order valence-electron chi connectivity index (χ1n) is 4.86. The highest BCUT2D eigenvalue weighted by atomic mass is 16.4. The summed E-state index contributed by atoms with van der Waals surface area (Å²) in [5.74, 6) is -0.543. The molecule has 2 unspecified atom stereocenters. The summed E-state index contributed by atoms with van der Waals surface area (Å²) in [5.41, 5.74) is 4.84. The van der Waals surface area contributed by atoms with Gasteiger partial charge in [0.2, 0.25) is 0 Å². The third kappa shape index (κ3) is 2.99. The number of hydrogen-bond acceptors (Lipinski definition) is 2. The average Bonchev–Trinajstić information content (AvgIpc) is 2.01. The molecule has 3 nitrogen and oxygen atoms in total. The van der Waals surface area contributed by atoms with Crippen LogP contribution in [0.4, 0.5) is 0 Å². The molecule has 0 heterocycles. The Balaban J connectivity index is 4.62. The van der Waals surface area contributed by atoms with Crippen LogP contribution in [0.2, 0.25) is 0 Å². The third-order valence-electron chi connectivity index (χ3n) is 2.64. The van der Waals surface area contributed by atoms with E-state index in [-0.39, 0.29) is 5.92 Å². The molecule has 0 aliphatic heterocycles. The molecule has 0 amide bonds. The van der Waals surface area contributed by atoms with E-state index in [4.69, 9.17) is 10.8 Å². The Kier molecular flexibility index (Phi) is 4.40. The zero-order chi connectivity index (χ0) is 10.6. The Morgan fingerprint density at radius 3 is 2.15 bits per heavy atom. The van der Waals surface area contributed by atoms with Crippen LogP contribution < -0.4 is 5.73 Å².